The fraction of sp³-hybridized carbons (Fsp3) is 0.500. The molecule has 6 nitrogen and oxygen atoms in total. The molecule has 0 bridgehead atoms. The maximum absolute atomic E-state index is 12.6. The predicted octanol–water partition coefficient (Wildman–Crippen LogP) is 2.29. The summed E-state index contributed by atoms with van der Waals surface area (Å²) in [7, 11) is 0. The number of hydrogen-bond donors (Lipinski definition) is 2. The molecule has 22 heavy (non-hydrogen) atoms. The fourth-order valence-electron chi connectivity index (χ4n) is 3.00. The molecule has 0 radical (unpaired) electrons. The summed E-state index contributed by atoms with van der Waals surface area (Å²) >= 11 is 0. The van der Waals surface area contributed by atoms with Crippen molar-refractivity contribution >= 4 is 5.91 Å². The Morgan fingerprint density at radius 2 is 2.50 bits per heavy atom. The number of amides is 1. The number of hydrogen-bond acceptors (Lipinski definition) is 4. The number of aromatic nitrogens is 2. The van der Waals surface area contributed by atoms with Gasteiger partial charge in [0.1, 0.15) is 17.6 Å². The third-order valence-corrected chi connectivity index (χ3v) is 4.24. The number of aliphatic hydroxyl groups is 1. The minimum Gasteiger partial charge on any atom is -0.467 e. The molecule has 2 unspecified atom stereocenters. The molecule has 2 N–H and O–H groups in total. The van der Waals surface area contributed by atoms with Crippen LogP contribution in [0, 0.1) is 0 Å². The van der Waals surface area contributed by atoms with Crippen LogP contribution in [-0.2, 0) is 6.42 Å². The van der Waals surface area contributed by atoms with Crippen LogP contribution >= 0.6 is 0 Å². The molecule has 3 rings (SSSR count). The molecule has 6 heteroatoms. The Bertz CT molecular complexity index is 620. The van der Waals surface area contributed by atoms with Crippen LogP contribution in [0.4, 0.5) is 0 Å². The van der Waals surface area contributed by atoms with Gasteiger partial charge in [0.25, 0.3) is 5.91 Å². The van der Waals surface area contributed by atoms with Crippen LogP contribution in [0.25, 0.3) is 0 Å². The number of aromatic amines is 1. The van der Waals surface area contributed by atoms with Crippen molar-refractivity contribution in [3.63, 3.8) is 0 Å². The van der Waals surface area contributed by atoms with Crippen molar-refractivity contribution in [2.45, 2.75) is 44.8 Å². The van der Waals surface area contributed by atoms with Gasteiger partial charge in [-0.3, -0.25) is 9.89 Å². The van der Waals surface area contributed by atoms with E-state index in [9.17, 15) is 9.90 Å². The van der Waals surface area contributed by atoms with Gasteiger partial charge in [-0.15, -0.1) is 0 Å². The van der Waals surface area contributed by atoms with Gasteiger partial charge in [0.2, 0.25) is 0 Å². The summed E-state index contributed by atoms with van der Waals surface area (Å²) < 4.78 is 5.23. The van der Waals surface area contributed by atoms with Gasteiger partial charge in [0.15, 0.2) is 0 Å². The Morgan fingerprint density at radius 1 is 1.64 bits per heavy atom. The Balaban J connectivity index is 1.68. The number of carbonyl (C=O) groups is 1. The van der Waals surface area contributed by atoms with E-state index in [1.165, 1.54) is 0 Å². The Hall–Kier alpha value is -2.08. The average Bonchev–Trinajstić information content (AvgIpc) is 3.26. The Morgan fingerprint density at radius 3 is 3.18 bits per heavy atom. The summed E-state index contributed by atoms with van der Waals surface area (Å²) in [6.45, 7) is 2.73. The van der Waals surface area contributed by atoms with Crippen molar-refractivity contribution in [2.75, 3.05) is 6.54 Å². The fourth-order valence-corrected chi connectivity index (χ4v) is 3.00. The summed E-state index contributed by atoms with van der Waals surface area (Å²) in [6.07, 6.45) is 4.02. The first-order valence-electron chi connectivity index (χ1n) is 7.75. The van der Waals surface area contributed by atoms with Crippen molar-refractivity contribution in [1.29, 1.82) is 0 Å². The molecule has 1 fully saturated rings. The second-order valence-electron chi connectivity index (χ2n) is 5.69. The molecule has 0 spiro atoms. The minimum absolute atomic E-state index is 0.0226. The molecule has 2 atom stereocenters. The standard InChI is InChI=1S/C16H21N3O3/c1-2-11-9-13(18-17-11)16(21)19-7-3-5-12(19)10-14(20)15-6-4-8-22-15/h4,6,8-9,12,14,20H,2-3,5,7,10H2,1H3,(H,17,18). The molecule has 2 aromatic heterocycles. The van der Waals surface area contributed by atoms with Crippen LogP contribution in [0.3, 0.4) is 0 Å². The zero-order chi connectivity index (χ0) is 15.5. The van der Waals surface area contributed by atoms with Crippen LogP contribution in [0.2, 0.25) is 0 Å². The van der Waals surface area contributed by atoms with Crippen molar-refractivity contribution in [3.05, 3.63) is 41.6 Å². The van der Waals surface area contributed by atoms with Crippen molar-refractivity contribution < 1.29 is 14.3 Å². The maximum Gasteiger partial charge on any atom is 0.274 e. The SMILES string of the molecule is CCc1cc(C(=O)N2CCCC2CC(O)c2ccco2)n[nH]1. The molecule has 118 valence electrons. The normalized spacial score (nSPS) is 19.5. The number of nitrogens with zero attached hydrogens (tertiary/aromatic N) is 2. The lowest BCUT2D eigenvalue weighted by atomic mass is 10.0. The maximum atomic E-state index is 12.6. The van der Waals surface area contributed by atoms with Crippen LogP contribution < -0.4 is 0 Å². The van der Waals surface area contributed by atoms with Gasteiger partial charge >= 0.3 is 0 Å². The number of H-pyrrole nitrogens is 1. The van der Waals surface area contributed by atoms with Gasteiger partial charge in [0.05, 0.1) is 6.26 Å². The second-order valence-corrected chi connectivity index (χ2v) is 5.69. The molecule has 2 aromatic rings. The number of aryl methyl sites for hydroxylation is 1. The summed E-state index contributed by atoms with van der Waals surface area (Å²) in [6, 6.07) is 5.34. The van der Waals surface area contributed by atoms with Crippen molar-refractivity contribution in [1.82, 2.24) is 15.1 Å². The first-order chi connectivity index (χ1) is 10.7. The van der Waals surface area contributed by atoms with E-state index < -0.39 is 6.10 Å². The number of rotatable bonds is 5. The highest BCUT2D eigenvalue weighted by Gasteiger charge is 2.32. The Labute approximate surface area is 129 Å². The molecule has 0 aliphatic carbocycles. The lowest BCUT2D eigenvalue weighted by Gasteiger charge is -2.25. The average molecular weight is 303 g/mol. The third-order valence-electron chi connectivity index (χ3n) is 4.24. The molecule has 3 heterocycles. The van der Waals surface area contributed by atoms with Crippen molar-refractivity contribution in [3.8, 4) is 0 Å². The molecule has 1 saturated heterocycles. The van der Waals surface area contributed by atoms with E-state index >= 15 is 0 Å². The molecular formula is C16H21N3O3. The quantitative estimate of drug-likeness (QED) is 0.888. The van der Waals surface area contributed by atoms with Gasteiger partial charge in [0, 0.05) is 24.7 Å². The van der Waals surface area contributed by atoms with Gasteiger partial charge in [-0.25, -0.2) is 0 Å². The summed E-state index contributed by atoms with van der Waals surface area (Å²) in [4.78, 5) is 14.4. The summed E-state index contributed by atoms with van der Waals surface area (Å²) in [5.74, 6) is 0.484. The monoisotopic (exact) mass is 303 g/mol. The molecule has 1 amide bonds. The van der Waals surface area contributed by atoms with E-state index in [2.05, 4.69) is 10.2 Å². The number of aliphatic hydroxyl groups excluding tert-OH is 1. The van der Waals surface area contributed by atoms with Gasteiger partial charge in [-0.05, 0) is 37.5 Å². The van der Waals surface area contributed by atoms with Crippen molar-refractivity contribution in [2.24, 2.45) is 0 Å². The predicted molar refractivity (Wildman–Crippen MR) is 80.3 cm³/mol. The van der Waals surface area contributed by atoms with Crippen LogP contribution in [-0.4, -0.2) is 38.7 Å². The van der Waals surface area contributed by atoms with Gasteiger partial charge in [-0.1, -0.05) is 6.92 Å². The second kappa shape index (κ2) is 6.36. The van der Waals surface area contributed by atoms with E-state index in [-0.39, 0.29) is 11.9 Å². The Kier molecular flexibility index (Phi) is 4.29. The van der Waals surface area contributed by atoms with E-state index in [1.54, 1.807) is 24.5 Å². The zero-order valence-electron chi connectivity index (χ0n) is 12.7. The third kappa shape index (κ3) is 2.92. The van der Waals surface area contributed by atoms with E-state index in [0.29, 0.717) is 24.4 Å². The molecular weight excluding hydrogens is 282 g/mol. The topological polar surface area (TPSA) is 82.4 Å². The number of nitrogens with one attached hydrogen (secondary N) is 1. The zero-order valence-corrected chi connectivity index (χ0v) is 12.7. The molecule has 1 aliphatic rings. The molecule has 0 aromatic carbocycles. The van der Waals surface area contributed by atoms with Gasteiger partial charge < -0.3 is 14.4 Å². The van der Waals surface area contributed by atoms with Crippen LogP contribution in [0.1, 0.15) is 54.2 Å². The van der Waals surface area contributed by atoms with Crippen LogP contribution in [0.15, 0.2) is 28.9 Å². The summed E-state index contributed by atoms with van der Waals surface area (Å²) in [5.41, 5.74) is 1.41. The number of likely N-dealkylation sites (tertiary alicyclic amines) is 1. The molecule has 0 saturated carbocycles. The lowest BCUT2D eigenvalue weighted by Crippen LogP contribution is -2.36. The number of furan rings is 1. The molecule has 1 aliphatic heterocycles. The van der Waals surface area contributed by atoms with E-state index in [1.807, 2.05) is 11.8 Å². The summed E-state index contributed by atoms with van der Waals surface area (Å²) in [5, 5.41) is 17.2. The van der Waals surface area contributed by atoms with Crippen LogP contribution in [0.5, 0.6) is 0 Å². The largest absolute Gasteiger partial charge is 0.467 e. The minimum atomic E-state index is -0.682. The highest BCUT2D eigenvalue weighted by atomic mass is 16.4. The first-order valence-corrected chi connectivity index (χ1v) is 7.75. The lowest BCUT2D eigenvalue weighted by molar-refractivity contribution is 0.0636. The van der Waals surface area contributed by atoms with E-state index in [0.717, 1.165) is 25.0 Å². The number of carbonyl (C=O) groups excluding carboxylic acids is 1. The highest BCUT2D eigenvalue weighted by Crippen LogP contribution is 2.28. The first kappa shape index (κ1) is 14.8. The smallest absolute Gasteiger partial charge is 0.274 e. The van der Waals surface area contributed by atoms with E-state index in [4.69, 9.17) is 4.42 Å². The van der Waals surface area contributed by atoms with Gasteiger partial charge in [-0.2, -0.15) is 5.10 Å². The highest BCUT2D eigenvalue weighted by molar-refractivity contribution is 5.92.